The first-order valence-electron chi connectivity index (χ1n) is 5.44. The number of rotatable bonds is 1. The van der Waals surface area contributed by atoms with Crippen LogP contribution in [0.2, 0.25) is 0 Å². The molecule has 0 N–H and O–H groups in total. The van der Waals surface area contributed by atoms with Crippen LogP contribution in [0.3, 0.4) is 0 Å². The van der Waals surface area contributed by atoms with E-state index in [1.807, 2.05) is 45.0 Å². The summed E-state index contributed by atoms with van der Waals surface area (Å²) in [7, 11) is 0. The van der Waals surface area contributed by atoms with Crippen molar-refractivity contribution in [1.29, 1.82) is 0 Å². The number of nitrogens with zero attached hydrogens (tertiary/aromatic N) is 1. The van der Waals surface area contributed by atoms with Gasteiger partial charge in [0.25, 0.3) is 0 Å². The minimum absolute atomic E-state index is 0.281. The Labute approximate surface area is 96.0 Å². The topological polar surface area (TPSA) is 12.9 Å². The van der Waals surface area contributed by atoms with Crippen molar-refractivity contribution < 1.29 is 4.39 Å². The maximum atomic E-state index is 13.3. The predicted molar refractivity (Wildman–Crippen MR) is 65.7 cm³/mol. The summed E-state index contributed by atoms with van der Waals surface area (Å²) < 4.78 is 13.3. The Morgan fingerprint density at radius 1 is 1.00 bits per heavy atom. The molecule has 2 rings (SSSR count). The molecule has 0 spiro atoms. The molecule has 2 aromatic rings. The molecule has 0 fully saturated rings. The molecule has 0 unspecified atom stereocenters. The lowest BCUT2D eigenvalue weighted by atomic mass is 10.1. The van der Waals surface area contributed by atoms with Gasteiger partial charge in [0.2, 0.25) is 0 Å². The molecule has 0 aliphatic rings. The lowest BCUT2D eigenvalue weighted by Crippen LogP contribution is -1.85. The monoisotopic (exact) mass is 217 g/mol. The zero-order valence-corrected chi connectivity index (χ0v) is 9.87. The number of aryl methyl sites for hydroxylation is 1. The molecule has 84 valence electrons. The molecular weight excluding hydrogens is 201 g/mol. The summed E-state index contributed by atoms with van der Waals surface area (Å²) in [5, 5.41) is 0. The second kappa shape index (κ2) is 6.01. The molecule has 1 nitrogen and oxygen atoms in total. The van der Waals surface area contributed by atoms with Gasteiger partial charge in [-0.15, -0.1) is 0 Å². The van der Waals surface area contributed by atoms with E-state index < -0.39 is 0 Å². The standard InChI is InChI=1S/C12H10FN.C2H6/c1-9-2-4-10(5-3-9)11-6-7-14-8-12(11)13;1-2/h2-8H,1H3;1-2H3. The molecule has 0 bridgehead atoms. The molecule has 0 aliphatic carbocycles. The molecule has 1 aromatic heterocycles. The Morgan fingerprint density at radius 2 is 1.62 bits per heavy atom. The van der Waals surface area contributed by atoms with Crippen molar-refractivity contribution in [3.63, 3.8) is 0 Å². The molecule has 2 heteroatoms. The number of benzene rings is 1. The molecule has 0 amide bonds. The van der Waals surface area contributed by atoms with Crippen molar-refractivity contribution in [1.82, 2.24) is 4.98 Å². The first-order valence-corrected chi connectivity index (χ1v) is 5.44. The van der Waals surface area contributed by atoms with Crippen molar-refractivity contribution in [2.75, 3.05) is 0 Å². The van der Waals surface area contributed by atoms with Crippen LogP contribution in [0, 0.1) is 12.7 Å². The molecule has 0 saturated heterocycles. The lowest BCUT2D eigenvalue weighted by molar-refractivity contribution is 0.625. The highest BCUT2D eigenvalue weighted by Crippen LogP contribution is 2.21. The molecule has 16 heavy (non-hydrogen) atoms. The summed E-state index contributed by atoms with van der Waals surface area (Å²) in [5.41, 5.74) is 2.65. The highest BCUT2D eigenvalue weighted by atomic mass is 19.1. The fraction of sp³-hybridized carbons (Fsp3) is 0.214. The summed E-state index contributed by atoms with van der Waals surface area (Å²) in [6, 6.07) is 9.44. The smallest absolute Gasteiger partial charge is 0.149 e. The fourth-order valence-electron chi connectivity index (χ4n) is 1.34. The quantitative estimate of drug-likeness (QED) is 0.696. The van der Waals surface area contributed by atoms with Gasteiger partial charge in [0.15, 0.2) is 0 Å². The second-order valence-electron chi connectivity index (χ2n) is 3.22. The Kier molecular flexibility index (Phi) is 4.65. The highest BCUT2D eigenvalue weighted by Gasteiger charge is 2.02. The summed E-state index contributed by atoms with van der Waals surface area (Å²) in [5.74, 6) is -0.281. The van der Waals surface area contributed by atoms with Gasteiger partial charge in [-0.25, -0.2) is 4.39 Å². The number of pyridine rings is 1. The van der Waals surface area contributed by atoms with Gasteiger partial charge >= 0.3 is 0 Å². The van der Waals surface area contributed by atoms with Gasteiger partial charge in [-0.3, -0.25) is 4.98 Å². The summed E-state index contributed by atoms with van der Waals surface area (Å²) in [4.78, 5) is 3.71. The van der Waals surface area contributed by atoms with Crippen LogP contribution in [0.4, 0.5) is 4.39 Å². The van der Waals surface area contributed by atoms with Crippen molar-refractivity contribution in [2.45, 2.75) is 20.8 Å². The van der Waals surface area contributed by atoms with Gasteiger partial charge in [-0.2, -0.15) is 0 Å². The van der Waals surface area contributed by atoms with E-state index in [-0.39, 0.29) is 5.82 Å². The molecular formula is C14H16FN. The van der Waals surface area contributed by atoms with Crippen molar-refractivity contribution in [2.24, 2.45) is 0 Å². The maximum absolute atomic E-state index is 13.3. The Bertz CT molecular complexity index is 435. The number of hydrogen-bond donors (Lipinski definition) is 0. The Morgan fingerprint density at radius 3 is 2.19 bits per heavy atom. The van der Waals surface area contributed by atoms with Gasteiger partial charge in [-0.05, 0) is 18.6 Å². The van der Waals surface area contributed by atoms with Crippen molar-refractivity contribution in [3.8, 4) is 11.1 Å². The van der Waals surface area contributed by atoms with E-state index in [2.05, 4.69) is 4.98 Å². The van der Waals surface area contributed by atoms with Crippen LogP contribution in [0.1, 0.15) is 19.4 Å². The highest BCUT2D eigenvalue weighted by molar-refractivity contribution is 5.63. The normalized spacial score (nSPS) is 9.25. The number of aromatic nitrogens is 1. The van der Waals surface area contributed by atoms with E-state index in [4.69, 9.17) is 0 Å². The fourth-order valence-corrected chi connectivity index (χ4v) is 1.34. The molecule has 0 atom stereocenters. The molecule has 1 heterocycles. The lowest BCUT2D eigenvalue weighted by Gasteiger charge is -2.02. The molecule has 0 aliphatic heterocycles. The van der Waals surface area contributed by atoms with Gasteiger partial charge in [0.1, 0.15) is 5.82 Å². The van der Waals surface area contributed by atoms with Crippen LogP contribution in [0.25, 0.3) is 11.1 Å². The van der Waals surface area contributed by atoms with Crippen molar-refractivity contribution in [3.05, 3.63) is 54.1 Å². The Hall–Kier alpha value is -1.70. The zero-order chi connectivity index (χ0) is 12.0. The van der Waals surface area contributed by atoms with Crippen LogP contribution in [-0.4, -0.2) is 4.98 Å². The van der Waals surface area contributed by atoms with E-state index in [9.17, 15) is 4.39 Å². The average Bonchev–Trinajstić information content (AvgIpc) is 2.34. The van der Waals surface area contributed by atoms with Gasteiger partial charge in [0.05, 0.1) is 6.20 Å². The van der Waals surface area contributed by atoms with Gasteiger partial charge < -0.3 is 0 Å². The molecule has 1 aromatic carbocycles. The summed E-state index contributed by atoms with van der Waals surface area (Å²) in [6.07, 6.45) is 2.83. The first kappa shape index (κ1) is 12.4. The van der Waals surface area contributed by atoms with Crippen LogP contribution in [-0.2, 0) is 0 Å². The van der Waals surface area contributed by atoms with Crippen molar-refractivity contribution >= 4 is 0 Å². The zero-order valence-electron chi connectivity index (χ0n) is 9.87. The minimum Gasteiger partial charge on any atom is -0.262 e. The Balaban J connectivity index is 0.000000606. The van der Waals surface area contributed by atoms with Crippen LogP contribution >= 0.6 is 0 Å². The maximum Gasteiger partial charge on any atom is 0.149 e. The van der Waals surface area contributed by atoms with E-state index in [0.29, 0.717) is 5.56 Å². The van der Waals surface area contributed by atoms with E-state index in [1.165, 1.54) is 11.8 Å². The van der Waals surface area contributed by atoms with Gasteiger partial charge in [-0.1, -0.05) is 43.7 Å². The predicted octanol–water partition coefficient (Wildman–Crippen LogP) is 4.22. The van der Waals surface area contributed by atoms with Crippen LogP contribution in [0.15, 0.2) is 42.7 Å². The third-order valence-corrected chi connectivity index (χ3v) is 2.14. The summed E-state index contributed by atoms with van der Waals surface area (Å²) >= 11 is 0. The largest absolute Gasteiger partial charge is 0.262 e. The third-order valence-electron chi connectivity index (χ3n) is 2.14. The summed E-state index contributed by atoms with van der Waals surface area (Å²) in [6.45, 7) is 6.01. The second-order valence-corrected chi connectivity index (χ2v) is 3.22. The first-order chi connectivity index (χ1) is 7.77. The SMILES string of the molecule is CC.Cc1ccc(-c2ccncc2F)cc1. The van der Waals surface area contributed by atoms with E-state index in [1.54, 1.807) is 12.3 Å². The van der Waals surface area contributed by atoms with E-state index in [0.717, 1.165) is 5.56 Å². The third kappa shape index (κ3) is 2.89. The molecule has 0 radical (unpaired) electrons. The van der Waals surface area contributed by atoms with E-state index >= 15 is 0 Å². The number of hydrogen-bond acceptors (Lipinski definition) is 1. The number of halogens is 1. The average molecular weight is 217 g/mol. The van der Waals surface area contributed by atoms with Gasteiger partial charge in [0, 0.05) is 11.8 Å². The minimum atomic E-state index is -0.281. The van der Waals surface area contributed by atoms with Crippen LogP contribution in [0.5, 0.6) is 0 Å². The van der Waals surface area contributed by atoms with Crippen LogP contribution < -0.4 is 0 Å². The molecule has 0 saturated carbocycles.